The van der Waals surface area contributed by atoms with Crippen molar-refractivity contribution in [3.8, 4) is 57.1 Å². The van der Waals surface area contributed by atoms with Crippen molar-refractivity contribution >= 4 is 67.0 Å². The van der Waals surface area contributed by atoms with Crippen LogP contribution in [0.4, 0.5) is 0 Å². The van der Waals surface area contributed by atoms with Crippen molar-refractivity contribution in [3.05, 3.63) is 118 Å². The molecule has 0 fully saturated rings. The van der Waals surface area contributed by atoms with Crippen LogP contribution < -0.4 is 23.7 Å². The number of hydrogen-bond acceptors (Lipinski definition) is 14. The molecule has 14 nitrogen and oxygen atoms in total. The largest absolute Gasteiger partial charge is 0.508 e. The molecule has 0 atom stereocenters. The fourth-order valence-corrected chi connectivity index (χ4v) is 9.91. The maximum absolute atomic E-state index is 13.1. The quantitative estimate of drug-likeness (QED) is 0.143. The van der Waals surface area contributed by atoms with Crippen molar-refractivity contribution in [2.24, 2.45) is 0 Å². The van der Waals surface area contributed by atoms with Crippen LogP contribution in [0.5, 0.6) is 46.0 Å². The Morgan fingerprint density at radius 2 is 0.541 bits per heavy atom. The van der Waals surface area contributed by atoms with E-state index >= 15 is 0 Å². The van der Waals surface area contributed by atoms with E-state index in [1.165, 1.54) is 26.4 Å². The summed E-state index contributed by atoms with van der Waals surface area (Å²) in [7, 11) is 7.68. The number of aromatic hydroxyl groups is 3. The molecule has 0 aliphatic carbocycles. The summed E-state index contributed by atoms with van der Waals surface area (Å²) in [5, 5.41) is 35.6. The number of methoxy groups -OCH3 is 5. The molecule has 0 radical (unpaired) electrons. The molecule has 0 saturated carbocycles. The van der Waals surface area contributed by atoms with E-state index < -0.39 is 38.2 Å². The molecule has 1 aromatic heterocycles. The van der Waals surface area contributed by atoms with Gasteiger partial charge in [0.1, 0.15) is 11.5 Å². The lowest BCUT2D eigenvalue weighted by atomic mass is 9.81. The van der Waals surface area contributed by atoms with Crippen molar-refractivity contribution in [2.45, 2.75) is 157 Å². The zero-order valence-electron chi connectivity index (χ0n) is 53.9. The highest BCUT2D eigenvalue weighted by Gasteiger charge is 2.30. The first-order chi connectivity index (χ1) is 39.4. The molecule has 0 aliphatic heterocycles. The minimum atomic E-state index is -0.731. The minimum absolute atomic E-state index is 0.0285. The van der Waals surface area contributed by atoms with Gasteiger partial charge in [-0.25, -0.2) is 0 Å². The Bertz CT molecular complexity index is 4190. The average molecular weight is 1160 g/mol. The average Bonchev–Trinajstić information content (AvgIpc) is 1.95. The summed E-state index contributed by atoms with van der Waals surface area (Å²) >= 11 is 0. The summed E-state index contributed by atoms with van der Waals surface area (Å²) in [6.07, 6.45) is 0. The molecule has 1 heterocycles. The molecule has 85 heavy (non-hydrogen) atoms. The van der Waals surface area contributed by atoms with Crippen LogP contribution in [0, 0.1) is 0 Å². The summed E-state index contributed by atoms with van der Waals surface area (Å²) in [6.45, 7) is 37.2. The Morgan fingerprint density at radius 1 is 0.294 bits per heavy atom. The molecule has 3 N–H and O–H groups in total. The molecule has 8 aromatic rings. The second kappa shape index (κ2) is 22.6. The summed E-state index contributed by atoms with van der Waals surface area (Å²) in [4.78, 5) is 0. The van der Waals surface area contributed by atoms with E-state index in [4.69, 9.17) is 50.2 Å². The minimum Gasteiger partial charge on any atom is -0.508 e. The Balaban J connectivity index is 1.83. The number of rotatable bonds is 6. The Hall–Kier alpha value is -8.26. The van der Waals surface area contributed by atoms with Gasteiger partial charge < -0.3 is 65.5 Å². The number of phenols is 3. The SMILES string of the molecule is COc1c2cc(C(C)(C)C)cc1oc1cc(C(C)(C)C)cc(oc3cc(C(C)(C)C)cc(oc4c(-c5ccc(O)cc5O)c(C(C)(C)C)cc(oc5cc(C(C)(C)C)cc(oc6cc(C(C)(C)C)cc(o2)c6OC)c5OC)c4O)c3OC)c1OC. The molecule has 0 aliphatic rings. The van der Waals surface area contributed by atoms with Crippen LogP contribution in [-0.4, -0.2) is 50.9 Å². The molecule has 12 bridgehead atoms. The zero-order chi connectivity index (χ0) is 62.8. The summed E-state index contributed by atoms with van der Waals surface area (Å²) in [5.41, 5.74) is 4.72. The third kappa shape index (κ3) is 12.9. The normalized spacial score (nSPS) is 12.6. The van der Waals surface area contributed by atoms with Crippen molar-refractivity contribution in [1.29, 1.82) is 0 Å². The second-order valence-corrected chi connectivity index (χ2v) is 27.8. The lowest BCUT2D eigenvalue weighted by molar-refractivity contribution is 0.390. The smallest absolute Gasteiger partial charge is 0.204 e. The third-order valence-corrected chi connectivity index (χ3v) is 15.0. The molecule has 14 heteroatoms. The molecule has 0 spiro atoms. The van der Waals surface area contributed by atoms with Gasteiger partial charge in [0.05, 0.1) is 35.5 Å². The first-order valence-corrected chi connectivity index (χ1v) is 28.5. The molecule has 0 amide bonds. The number of benzene rings is 7. The van der Waals surface area contributed by atoms with Gasteiger partial charge in [-0.2, -0.15) is 0 Å². The van der Waals surface area contributed by atoms with Gasteiger partial charge in [0, 0.05) is 17.2 Å². The number of phenolic OH excluding ortho intramolecular Hbond substituents is 3. The zero-order valence-corrected chi connectivity index (χ0v) is 53.9. The summed E-state index contributed by atoms with van der Waals surface area (Å²) in [6, 6.07) is 25.0. The Kier molecular flexibility index (Phi) is 16.7. The lowest BCUT2D eigenvalue weighted by Gasteiger charge is -2.24. The van der Waals surface area contributed by atoms with Crippen molar-refractivity contribution in [2.75, 3.05) is 35.5 Å². The van der Waals surface area contributed by atoms with E-state index in [9.17, 15) is 15.3 Å². The molecule has 8 rings (SSSR count). The van der Waals surface area contributed by atoms with Crippen LogP contribution in [0.25, 0.3) is 78.1 Å². The van der Waals surface area contributed by atoms with E-state index in [-0.39, 0.29) is 84.9 Å². The van der Waals surface area contributed by atoms with E-state index in [1.54, 1.807) is 33.5 Å². The van der Waals surface area contributed by atoms with E-state index in [0.29, 0.717) is 39.0 Å². The van der Waals surface area contributed by atoms with Crippen LogP contribution in [0.1, 0.15) is 158 Å². The standard InChI is InChI=1S/C71H86O14/c1-66(2,3)38-26-48-60(75-19)49(27-38)81-50-28-39(67(4,5)6)29-51(61(50)76-20)82-52-30-40(68(7,8)9)31-53(62(52)77-21)83-54-32-41(69(10,11)12)33-55(63(54)78-22)84-56-34-42(70(13,14)15)35-57(64(56)79-23)85-65-58(44-25-24-43(72)36-46(44)73)45(71(16,17)18)37-47(80-48)59(65)74/h24-37,72-74H,1-23H3. The van der Waals surface area contributed by atoms with Crippen molar-refractivity contribution in [1.82, 2.24) is 0 Å². The van der Waals surface area contributed by atoms with Gasteiger partial charge in [-0.3, -0.25) is 0 Å². The van der Waals surface area contributed by atoms with Gasteiger partial charge >= 0.3 is 0 Å². The van der Waals surface area contributed by atoms with E-state index in [2.05, 4.69) is 104 Å². The predicted octanol–water partition coefficient (Wildman–Crippen LogP) is 19.8. The highest BCUT2D eigenvalue weighted by molar-refractivity contribution is 5.95. The Morgan fingerprint density at radius 3 is 0.765 bits per heavy atom. The van der Waals surface area contributed by atoms with E-state index in [1.807, 2.05) is 81.4 Å². The summed E-state index contributed by atoms with van der Waals surface area (Å²) < 4.78 is 74.2. The maximum Gasteiger partial charge on any atom is 0.204 e. The fraction of sp³-hybridized carbons (Fsp3) is 0.408. The number of hydrogen-bond donors (Lipinski definition) is 3. The van der Waals surface area contributed by atoms with Crippen LogP contribution in [-0.2, 0) is 32.5 Å². The van der Waals surface area contributed by atoms with Gasteiger partial charge in [-0.05, 0) is 145 Å². The van der Waals surface area contributed by atoms with Crippen LogP contribution in [0.2, 0.25) is 0 Å². The van der Waals surface area contributed by atoms with Gasteiger partial charge in [0.2, 0.25) is 34.5 Å². The topological polar surface area (TPSA) is 186 Å². The van der Waals surface area contributed by atoms with Crippen molar-refractivity contribution in [3.63, 3.8) is 0 Å². The monoisotopic (exact) mass is 1160 g/mol. The van der Waals surface area contributed by atoms with Gasteiger partial charge in [-0.1, -0.05) is 125 Å². The molecular weight excluding hydrogens is 1080 g/mol. The first kappa shape index (κ1) is 62.8. The second-order valence-electron chi connectivity index (χ2n) is 27.8. The third-order valence-electron chi connectivity index (χ3n) is 15.0. The molecular formula is C71H86O14. The van der Waals surface area contributed by atoms with Gasteiger partial charge in [0.25, 0.3) is 0 Å². The van der Waals surface area contributed by atoms with Crippen molar-refractivity contribution < 1.29 is 65.5 Å². The number of fused-ring (bicyclic) bond motifs is 12. The predicted molar refractivity (Wildman–Crippen MR) is 340 cm³/mol. The first-order valence-electron chi connectivity index (χ1n) is 28.5. The molecule has 0 unspecified atom stereocenters. The number of ether oxygens (including phenoxy) is 5. The molecule has 454 valence electrons. The van der Waals surface area contributed by atoms with Crippen LogP contribution >= 0.6 is 0 Å². The fourth-order valence-electron chi connectivity index (χ4n) is 9.91. The van der Waals surface area contributed by atoms with Gasteiger partial charge in [0.15, 0.2) is 67.0 Å². The molecule has 7 aromatic carbocycles. The lowest BCUT2D eigenvalue weighted by Crippen LogP contribution is -2.13. The maximum atomic E-state index is 13.1. The van der Waals surface area contributed by atoms with Crippen LogP contribution in [0.3, 0.4) is 0 Å². The summed E-state index contributed by atoms with van der Waals surface area (Å²) in [5.74, 6) is 0.231. The highest BCUT2D eigenvalue weighted by Crippen LogP contribution is 2.49. The van der Waals surface area contributed by atoms with Crippen LogP contribution in [0.15, 0.2) is 111 Å². The van der Waals surface area contributed by atoms with Gasteiger partial charge in [-0.15, -0.1) is 0 Å². The molecule has 0 saturated heterocycles. The Labute approximate surface area is 498 Å². The highest BCUT2D eigenvalue weighted by atomic mass is 16.5. The van der Waals surface area contributed by atoms with E-state index in [0.717, 1.165) is 27.8 Å².